The summed E-state index contributed by atoms with van der Waals surface area (Å²) in [5.74, 6) is 0.775. The molecule has 0 N–H and O–H groups in total. The Morgan fingerprint density at radius 2 is 1.57 bits per heavy atom. The van der Waals surface area contributed by atoms with Gasteiger partial charge in [-0.15, -0.1) is 0 Å². The molecule has 1 aliphatic rings. The Hall–Kier alpha value is -1.32. The highest BCUT2D eigenvalue weighted by molar-refractivity contribution is 5.26. The lowest BCUT2D eigenvalue weighted by Gasteiger charge is -2.27. The van der Waals surface area contributed by atoms with Crippen LogP contribution in [0.4, 0.5) is 17.6 Å². The van der Waals surface area contributed by atoms with Crippen molar-refractivity contribution in [3.8, 4) is 0 Å². The van der Waals surface area contributed by atoms with Crippen LogP contribution in [0.15, 0.2) is 36.4 Å². The van der Waals surface area contributed by atoms with E-state index in [-0.39, 0.29) is 12.0 Å². The number of rotatable bonds is 5. The number of alkyl halides is 4. The number of allylic oxidation sites excluding steroid dienone is 2. The first kappa shape index (κ1) is 16.1. The predicted octanol–water partition coefficient (Wildman–Crippen LogP) is 6.11. The van der Waals surface area contributed by atoms with Gasteiger partial charge in [-0.2, -0.15) is 0 Å². The summed E-state index contributed by atoms with van der Waals surface area (Å²) in [6.07, 6.45) is 2.53. The lowest BCUT2D eigenvalue weighted by molar-refractivity contribution is 0.151. The molecule has 0 amide bonds. The maximum atomic E-state index is 12.5. The van der Waals surface area contributed by atoms with Crippen LogP contribution < -0.4 is 0 Å². The molecule has 1 aromatic rings. The average molecular weight is 300 g/mol. The van der Waals surface area contributed by atoms with E-state index < -0.39 is 12.9 Å². The van der Waals surface area contributed by atoms with Crippen LogP contribution in [-0.4, -0.2) is 6.43 Å². The fourth-order valence-corrected chi connectivity index (χ4v) is 2.93. The first-order valence-electron chi connectivity index (χ1n) is 7.39. The van der Waals surface area contributed by atoms with Gasteiger partial charge in [0.2, 0.25) is 6.43 Å². The Bertz CT molecular complexity index is 442. The van der Waals surface area contributed by atoms with Crippen LogP contribution in [0.5, 0.6) is 0 Å². The quantitative estimate of drug-likeness (QED) is 0.454. The molecule has 1 fully saturated rings. The largest absolute Gasteiger partial charge is 0.263 e. The average Bonchev–Trinajstić information content (AvgIpc) is 2.48. The van der Waals surface area contributed by atoms with Gasteiger partial charge in [0, 0.05) is 12.0 Å². The number of hydrogen-bond acceptors (Lipinski definition) is 0. The first-order chi connectivity index (χ1) is 10.1. The molecule has 1 aliphatic carbocycles. The highest BCUT2D eigenvalue weighted by atomic mass is 19.3. The molecule has 0 saturated heterocycles. The highest BCUT2D eigenvalue weighted by Crippen LogP contribution is 2.36. The van der Waals surface area contributed by atoms with E-state index in [1.54, 1.807) is 18.2 Å². The summed E-state index contributed by atoms with van der Waals surface area (Å²) in [5, 5.41) is 0. The van der Waals surface area contributed by atoms with Gasteiger partial charge in [0.15, 0.2) is 0 Å². The van der Waals surface area contributed by atoms with E-state index >= 15 is 0 Å². The van der Waals surface area contributed by atoms with Crippen LogP contribution in [0, 0.1) is 5.92 Å². The maximum absolute atomic E-state index is 12.5. The third-order valence-electron chi connectivity index (χ3n) is 4.15. The van der Waals surface area contributed by atoms with Crippen LogP contribution in [0.3, 0.4) is 0 Å². The third kappa shape index (κ3) is 4.87. The molecule has 0 spiro atoms. The van der Waals surface area contributed by atoms with Gasteiger partial charge >= 0.3 is 0 Å². The van der Waals surface area contributed by atoms with Gasteiger partial charge < -0.3 is 0 Å². The molecule has 2 rings (SSSR count). The molecule has 4 heteroatoms. The van der Waals surface area contributed by atoms with Crippen LogP contribution in [0.25, 0.3) is 0 Å². The number of benzene rings is 1. The molecule has 0 nitrogen and oxygen atoms in total. The van der Waals surface area contributed by atoms with Gasteiger partial charge in [0.25, 0.3) is 6.43 Å². The molecular formula is C17H20F4. The van der Waals surface area contributed by atoms with Crippen molar-refractivity contribution >= 4 is 0 Å². The van der Waals surface area contributed by atoms with Crippen molar-refractivity contribution < 1.29 is 17.6 Å². The van der Waals surface area contributed by atoms with E-state index in [4.69, 9.17) is 0 Å². The molecule has 21 heavy (non-hydrogen) atoms. The zero-order valence-corrected chi connectivity index (χ0v) is 11.8. The van der Waals surface area contributed by atoms with E-state index in [1.165, 1.54) is 12.1 Å². The van der Waals surface area contributed by atoms with E-state index in [0.29, 0.717) is 11.8 Å². The second-order valence-corrected chi connectivity index (χ2v) is 5.63. The van der Waals surface area contributed by atoms with Crippen LogP contribution >= 0.6 is 0 Å². The Morgan fingerprint density at radius 1 is 0.952 bits per heavy atom. The van der Waals surface area contributed by atoms with Crippen LogP contribution in [-0.2, 0) is 0 Å². The van der Waals surface area contributed by atoms with E-state index in [9.17, 15) is 17.6 Å². The van der Waals surface area contributed by atoms with E-state index in [1.807, 2.05) is 6.08 Å². The Balaban J connectivity index is 1.84. The summed E-state index contributed by atoms with van der Waals surface area (Å²) in [6.45, 7) is 0. The van der Waals surface area contributed by atoms with Gasteiger partial charge in [-0.25, -0.2) is 17.6 Å². The molecule has 0 aromatic heterocycles. The summed E-state index contributed by atoms with van der Waals surface area (Å²) in [7, 11) is 0. The van der Waals surface area contributed by atoms with Crippen molar-refractivity contribution in [2.75, 3.05) is 0 Å². The minimum absolute atomic E-state index is 0.0577. The zero-order valence-electron chi connectivity index (χ0n) is 11.8. The number of halogens is 4. The fraction of sp³-hybridized carbons (Fsp3) is 0.529. The lowest BCUT2D eigenvalue weighted by atomic mass is 9.78. The Kier molecular flexibility index (Phi) is 5.83. The fourth-order valence-electron chi connectivity index (χ4n) is 2.93. The summed E-state index contributed by atoms with van der Waals surface area (Å²) < 4.78 is 49.1. The zero-order chi connectivity index (χ0) is 15.2. The van der Waals surface area contributed by atoms with Crippen molar-refractivity contribution in [2.45, 2.75) is 50.9 Å². The van der Waals surface area contributed by atoms with Gasteiger partial charge in [0.1, 0.15) is 0 Å². The van der Waals surface area contributed by atoms with Crippen molar-refractivity contribution in [3.05, 3.63) is 47.5 Å². The number of hydrogen-bond donors (Lipinski definition) is 0. The minimum atomic E-state index is -2.42. The first-order valence-corrected chi connectivity index (χ1v) is 7.39. The van der Waals surface area contributed by atoms with Crippen molar-refractivity contribution in [2.24, 2.45) is 5.92 Å². The molecule has 116 valence electrons. The monoisotopic (exact) mass is 300 g/mol. The molecule has 0 atom stereocenters. The minimum Gasteiger partial charge on any atom is -0.210 e. The van der Waals surface area contributed by atoms with Crippen molar-refractivity contribution in [1.82, 2.24) is 0 Å². The molecule has 0 unspecified atom stereocenters. The SMILES string of the molecule is FC(F)CC=CC1CCC(c2ccc(C(F)F)cc2)CC1. The van der Waals surface area contributed by atoms with Gasteiger partial charge in [-0.05, 0) is 43.1 Å². The molecule has 1 aromatic carbocycles. The molecule has 0 bridgehead atoms. The van der Waals surface area contributed by atoms with Crippen LogP contribution in [0.2, 0.25) is 0 Å². The van der Waals surface area contributed by atoms with Crippen molar-refractivity contribution in [3.63, 3.8) is 0 Å². The van der Waals surface area contributed by atoms with E-state index in [2.05, 4.69) is 0 Å². The maximum Gasteiger partial charge on any atom is 0.263 e. The molecule has 0 radical (unpaired) electrons. The summed E-state index contributed by atoms with van der Waals surface area (Å²) in [6, 6.07) is 6.57. The summed E-state index contributed by atoms with van der Waals surface area (Å²) in [4.78, 5) is 0. The van der Waals surface area contributed by atoms with Crippen molar-refractivity contribution in [1.29, 1.82) is 0 Å². The third-order valence-corrected chi connectivity index (χ3v) is 4.15. The molecule has 0 heterocycles. The predicted molar refractivity (Wildman–Crippen MR) is 75.9 cm³/mol. The van der Waals surface area contributed by atoms with Crippen LogP contribution in [0.1, 0.15) is 55.6 Å². The summed E-state index contributed by atoms with van der Waals surface area (Å²) >= 11 is 0. The normalized spacial score (nSPS) is 23.3. The van der Waals surface area contributed by atoms with E-state index in [0.717, 1.165) is 31.2 Å². The smallest absolute Gasteiger partial charge is 0.210 e. The van der Waals surface area contributed by atoms with Gasteiger partial charge in [0.05, 0.1) is 0 Å². The van der Waals surface area contributed by atoms with Gasteiger partial charge in [-0.3, -0.25) is 0 Å². The topological polar surface area (TPSA) is 0 Å². The Morgan fingerprint density at radius 3 is 2.10 bits per heavy atom. The lowest BCUT2D eigenvalue weighted by Crippen LogP contribution is -2.11. The van der Waals surface area contributed by atoms with Gasteiger partial charge in [-0.1, -0.05) is 36.4 Å². The standard InChI is InChI=1S/C17H20F4/c18-16(19)3-1-2-12-4-6-13(7-5-12)14-8-10-15(11-9-14)17(20)21/h1-2,8-13,16-17H,3-7H2. The Labute approximate surface area is 122 Å². The second kappa shape index (κ2) is 7.62. The second-order valence-electron chi connectivity index (χ2n) is 5.63. The molecular weight excluding hydrogens is 280 g/mol. The molecule has 1 saturated carbocycles. The summed E-state index contributed by atoms with van der Waals surface area (Å²) in [5.41, 5.74) is 1.16. The highest BCUT2D eigenvalue weighted by Gasteiger charge is 2.21. The molecule has 0 aliphatic heterocycles.